The molecule has 3 N–H and O–H groups in total. The van der Waals surface area contributed by atoms with Crippen LogP contribution in [0, 0.1) is 6.92 Å². The zero-order chi connectivity index (χ0) is 13.9. The zero-order valence-corrected chi connectivity index (χ0v) is 12.3. The molecule has 0 radical (unpaired) electrons. The highest BCUT2D eigenvalue weighted by molar-refractivity contribution is 5.78. The van der Waals surface area contributed by atoms with Gasteiger partial charge >= 0.3 is 0 Å². The molecule has 0 aromatic heterocycles. The number of guanidine groups is 1. The molecule has 20 heavy (non-hydrogen) atoms. The van der Waals surface area contributed by atoms with Crippen molar-refractivity contribution in [1.82, 2.24) is 5.32 Å². The van der Waals surface area contributed by atoms with E-state index in [-0.39, 0.29) is 0 Å². The summed E-state index contributed by atoms with van der Waals surface area (Å²) in [5.41, 5.74) is 8.87. The zero-order valence-electron chi connectivity index (χ0n) is 12.3. The third kappa shape index (κ3) is 3.14. The first-order chi connectivity index (χ1) is 9.74. The topological polar surface area (TPSA) is 50.4 Å². The standard InChI is InChI=1S/C17H25N3/c1-12-7-5-6-10-14(12)15-11-16(15)20-17(18)19-13-8-3-2-4-9-13/h5-7,10,13,15-16H,2-4,8-9,11H2,1H3,(H3,18,19,20). The third-order valence-electron chi connectivity index (χ3n) is 4.61. The molecule has 108 valence electrons. The lowest BCUT2D eigenvalue weighted by Crippen LogP contribution is -2.41. The fourth-order valence-corrected chi connectivity index (χ4v) is 3.33. The first-order valence-corrected chi connectivity index (χ1v) is 7.89. The Labute approximate surface area is 121 Å². The van der Waals surface area contributed by atoms with E-state index in [4.69, 9.17) is 5.73 Å². The lowest BCUT2D eigenvalue weighted by Gasteiger charge is -2.23. The van der Waals surface area contributed by atoms with Gasteiger partial charge in [0.1, 0.15) is 0 Å². The van der Waals surface area contributed by atoms with E-state index in [1.807, 2.05) is 0 Å². The molecule has 0 spiro atoms. The molecule has 2 atom stereocenters. The SMILES string of the molecule is Cc1ccccc1C1CC1N=C(N)NC1CCCCC1. The summed E-state index contributed by atoms with van der Waals surface area (Å²) in [5, 5.41) is 3.40. The molecule has 0 amide bonds. The number of hydrogen-bond donors (Lipinski definition) is 2. The van der Waals surface area contributed by atoms with E-state index in [9.17, 15) is 0 Å². The van der Waals surface area contributed by atoms with Crippen molar-refractivity contribution in [3.8, 4) is 0 Å². The fourth-order valence-electron chi connectivity index (χ4n) is 3.33. The second-order valence-electron chi connectivity index (χ2n) is 6.26. The molecular weight excluding hydrogens is 246 g/mol. The lowest BCUT2D eigenvalue weighted by molar-refractivity contribution is 0.412. The monoisotopic (exact) mass is 271 g/mol. The Hall–Kier alpha value is -1.51. The van der Waals surface area contributed by atoms with Gasteiger partial charge in [-0.1, -0.05) is 43.5 Å². The molecule has 2 aliphatic carbocycles. The number of hydrogen-bond acceptors (Lipinski definition) is 1. The van der Waals surface area contributed by atoms with E-state index in [2.05, 4.69) is 41.5 Å². The third-order valence-corrected chi connectivity index (χ3v) is 4.61. The Morgan fingerprint density at radius 3 is 2.70 bits per heavy atom. The van der Waals surface area contributed by atoms with Crippen LogP contribution in [0.5, 0.6) is 0 Å². The van der Waals surface area contributed by atoms with Crippen molar-refractivity contribution in [2.24, 2.45) is 10.7 Å². The number of nitrogens with one attached hydrogen (secondary N) is 1. The smallest absolute Gasteiger partial charge is 0.189 e. The van der Waals surface area contributed by atoms with Gasteiger partial charge in [-0.25, -0.2) is 4.99 Å². The number of nitrogens with zero attached hydrogens (tertiary/aromatic N) is 1. The molecule has 3 nitrogen and oxygen atoms in total. The van der Waals surface area contributed by atoms with E-state index in [0.717, 1.165) is 6.42 Å². The van der Waals surface area contributed by atoms with Crippen molar-refractivity contribution in [2.45, 2.75) is 63.5 Å². The molecule has 0 bridgehead atoms. The molecule has 1 aromatic rings. The van der Waals surface area contributed by atoms with Gasteiger partial charge in [0, 0.05) is 12.0 Å². The van der Waals surface area contributed by atoms with Crippen LogP contribution in [0.2, 0.25) is 0 Å². The maximum absolute atomic E-state index is 6.06. The van der Waals surface area contributed by atoms with Crippen LogP contribution in [-0.2, 0) is 0 Å². The maximum Gasteiger partial charge on any atom is 0.189 e. The lowest BCUT2D eigenvalue weighted by atomic mass is 9.96. The second kappa shape index (κ2) is 5.86. The van der Waals surface area contributed by atoms with Gasteiger partial charge in [0.15, 0.2) is 5.96 Å². The van der Waals surface area contributed by atoms with Crippen molar-refractivity contribution in [2.75, 3.05) is 0 Å². The predicted octanol–water partition coefficient (Wildman–Crippen LogP) is 3.09. The van der Waals surface area contributed by atoms with E-state index in [1.54, 1.807) is 0 Å². The van der Waals surface area contributed by atoms with Gasteiger partial charge < -0.3 is 11.1 Å². The van der Waals surface area contributed by atoms with E-state index < -0.39 is 0 Å². The first-order valence-electron chi connectivity index (χ1n) is 7.89. The predicted molar refractivity (Wildman–Crippen MR) is 84.0 cm³/mol. The molecule has 2 saturated carbocycles. The summed E-state index contributed by atoms with van der Waals surface area (Å²) in [6.07, 6.45) is 7.62. The Balaban J connectivity index is 1.56. The summed E-state index contributed by atoms with van der Waals surface area (Å²) in [4.78, 5) is 4.66. The number of nitrogens with two attached hydrogens (primary N) is 1. The van der Waals surface area contributed by atoms with E-state index >= 15 is 0 Å². The molecule has 0 aliphatic heterocycles. The van der Waals surface area contributed by atoms with Crippen molar-refractivity contribution < 1.29 is 0 Å². The summed E-state index contributed by atoms with van der Waals surface area (Å²) in [7, 11) is 0. The highest BCUT2D eigenvalue weighted by atomic mass is 15.1. The summed E-state index contributed by atoms with van der Waals surface area (Å²) >= 11 is 0. The molecule has 1 aromatic carbocycles. The summed E-state index contributed by atoms with van der Waals surface area (Å²) in [6.45, 7) is 2.18. The molecule has 2 unspecified atom stereocenters. The minimum absolute atomic E-state index is 0.382. The quantitative estimate of drug-likeness (QED) is 0.655. The van der Waals surface area contributed by atoms with Gasteiger partial charge in [0.05, 0.1) is 6.04 Å². The van der Waals surface area contributed by atoms with Crippen LogP contribution >= 0.6 is 0 Å². The van der Waals surface area contributed by atoms with Crippen molar-refractivity contribution in [1.29, 1.82) is 0 Å². The fraction of sp³-hybridized carbons (Fsp3) is 0.588. The molecular formula is C17H25N3. The first kappa shape index (κ1) is 13.5. The average molecular weight is 271 g/mol. The van der Waals surface area contributed by atoms with Crippen LogP contribution in [0.25, 0.3) is 0 Å². The van der Waals surface area contributed by atoms with Gasteiger partial charge in [0.25, 0.3) is 0 Å². The van der Waals surface area contributed by atoms with Crippen LogP contribution in [-0.4, -0.2) is 18.0 Å². The Morgan fingerprint density at radius 2 is 1.95 bits per heavy atom. The Bertz CT molecular complexity index is 489. The van der Waals surface area contributed by atoms with Gasteiger partial charge in [-0.2, -0.15) is 0 Å². The largest absolute Gasteiger partial charge is 0.370 e. The number of rotatable bonds is 3. The van der Waals surface area contributed by atoms with Crippen LogP contribution in [0.3, 0.4) is 0 Å². The summed E-state index contributed by atoms with van der Waals surface area (Å²) in [5.74, 6) is 1.22. The van der Waals surface area contributed by atoms with Crippen molar-refractivity contribution in [3.05, 3.63) is 35.4 Å². The van der Waals surface area contributed by atoms with Crippen LogP contribution < -0.4 is 11.1 Å². The van der Waals surface area contributed by atoms with Gasteiger partial charge in [0.2, 0.25) is 0 Å². The highest BCUT2D eigenvalue weighted by Crippen LogP contribution is 2.44. The minimum Gasteiger partial charge on any atom is -0.370 e. The maximum atomic E-state index is 6.06. The molecule has 3 rings (SSSR count). The van der Waals surface area contributed by atoms with Gasteiger partial charge in [-0.15, -0.1) is 0 Å². The molecule has 0 heterocycles. The number of benzene rings is 1. The average Bonchev–Trinajstić information content (AvgIpc) is 3.19. The van der Waals surface area contributed by atoms with E-state index in [1.165, 1.54) is 43.2 Å². The van der Waals surface area contributed by atoms with Crippen molar-refractivity contribution >= 4 is 5.96 Å². The second-order valence-corrected chi connectivity index (χ2v) is 6.26. The van der Waals surface area contributed by atoms with Crippen molar-refractivity contribution in [3.63, 3.8) is 0 Å². The van der Waals surface area contributed by atoms with Crippen LogP contribution in [0.4, 0.5) is 0 Å². The molecule has 2 fully saturated rings. The Morgan fingerprint density at radius 1 is 1.20 bits per heavy atom. The minimum atomic E-state index is 0.382. The molecule has 3 heteroatoms. The Kier molecular flexibility index (Phi) is 3.95. The molecule has 0 saturated heterocycles. The van der Waals surface area contributed by atoms with Crippen LogP contribution in [0.15, 0.2) is 29.3 Å². The normalized spacial score (nSPS) is 27.4. The van der Waals surface area contributed by atoms with E-state index in [0.29, 0.717) is 24.0 Å². The number of aliphatic imine (C=N–C) groups is 1. The summed E-state index contributed by atoms with van der Waals surface area (Å²) in [6, 6.07) is 9.54. The summed E-state index contributed by atoms with van der Waals surface area (Å²) < 4.78 is 0. The number of aryl methyl sites for hydroxylation is 1. The van der Waals surface area contributed by atoms with Crippen LogP contribution in [0.1, 0.15) is 55.6 Å². The van der Waals surface area contributed by atoms with Gasteiger partial charge in [-0.05, 0) is 37.3 Å². The molecule has 2 aliphatic rings. The van der Waals surface area contributed by atoms with Gasteiger partial charge in [-0.3, -0.25) is 0 Å². The highest BCUT2D eigenvalue weighted by Gasteiger charge is 2.39.